The van der Waals surface area contributed by atoms with E-state index in [1.807, 2.05) is 44.3 Å². The molecule has 0 aliphatic rings. The van der Waals surface area contributed by atoms with Gasteiger partial charge in [-0.2, -0.15) is 0 Å². The van der Waals surface area contributed by atoms with Crippen LogP contribution in [0.1, 0.15) is 19.4 Å². The SMILES string of the molecule is CC(C)(CO)CNC(=O)Cc1c[nH]c2ccccc12. The normalized spacial score (nSPS) is 11.7. The monoisotopic (exact) mass is 260 g/mol. The Labute approximate surface area is 112 Å². The van der Waals surface area contributed by atoms with E-state index < -0.39 is 0 Å². The van der Waals surface area contributed by atoms with Gasteiger partial charge in [0.1, 0.15) is 0 Å². The molecule has 2 aromatic rings. The zero-order valence-electron chi connectivity index (χ0n) is 11.4. The first-order chi connectivity index (χ1) is 9.02. The number of fused-ring (bicyclic) bond motifs is 1. The van der Waals surface area contributed by atoms with Crippen LogP contribution in [0.3, 0.4) is 0 Å². The number of aromatic amines is 1. The molecule has 1 aromatic heterocycles. The van der Waals surface area contributed by atoms with Crippen molar-refractivity contribution in [3.05, 3.63) is 36.0 Å². The van der Waals surface area contributed by atoms with E-state index in [2.05, 4.69) is 10.3 Å². The van der Waals surface area contributed by atoms with Gasteiger partial charge in [0.15, 0.2) is 0 Å². The number of hydrogen-bond donors (Lipinski definition) is 3. The number of rotatable bonds is 5. The van der Waals surface area contributed by atoms with Crippen molar-refractivity contribution in [2.45, 2.75) is 20.3 Å². The van der Waals surface area contributed by atoms with Gasteiger partial charge < -0.3 is 15.4 Å². The summed E-state index contributed by atoms with van der Waals surface area (Å²) < 4.78 is 0. The van der Waals surface area contributed by atoms with E-state index >= 15 is 0 Å². The van der Waals surface area contributed by atoms with Crippen molar-refractivity contribution in [2.24, 2.45) is 5.41 Å². The maximum Gasteiger partial charge on any atom is 0.224 e. The summed E-state index contributed by atoms with van der Waals surface area (Å²) in [6.07, 6.45) is 2.23. The first-order valence-electron chi connectivity index (χ1n) is 6.44. The third kappa shape index (κ3) is 3.35. The van der Waals surface area contributed by atoms with Crippen LogP contribution in [-0.2, 0) is 11.2 Å². The lowest BCUT2D eigenvalue weighted by molar-refractivity contribution is -0.120. The molecule has 0 aliphatic carbocycles. The Morgan fingerprint density at radius 1 is 1.37 bits per heavy atom. The number of H-pyrrole nitrogens is 1. The Bertz CT molecular complexity index is 572. The molecule has 4 heteroatoms. The van der Waals surface area contributed by atoms with Gasteiger partial charge in [-0.15, -0.1) is 0 Å². The highest BCUT2D eigenvalue weighted by atomic mass is 16.3. The molecule has 0 saturated heterocycles. The third-order valence-electron chi connectivity index (χ3n) is 3.22. The van der Waals surface area contributed by atoms with E-state index in [0.717, 1.165) is 16.5 Å². The largest absolute Gasteiger partial charge is 0.396 e. The summed E-state index contributed by atoms with van der Waals surface area (Å²) in [5.74, 6) is -0.0220. The highest BCUT2D eigenvalue weighted by Crippen LogP contribution is 2.18. The van der Waals surface area contributed by atoms with E-state index in [9.17, 15) is 4.79 Å². The van der Waals surface area contributed by atoms with Gasteiger partial charge in [-0.1, -0.05) is 32.0 Å². The lowest BCUT2D eigenvalue weighted by Crippen LogP contribution is -2.36. The molecule has 0 spiro atoms. The number of carbonyl (C=O) groups is 1. The van der Waals surface area contributed by atoms with Gasteiger partial charge in [0.2, 0.25) is 5.91 Å². The van der Waals surface area contributed by atoms with Crippen molar-refractivity contribution >= 4 is 16.8 Å². The maximum atomic E-state index is 11.9. The molecular formula is C15H20N2O2. The molecule has 1 amide bonds. The number of aliphatic hydroxyl groups is 1. The fraction of sp³-hybridized carbons (Fsp3) is 0.400. The van der Waals surface area contributed by atoms with E-state index in [4.69, 9.17) is 5.11 Å². The van der Waals surface area contributed by atoms with E-state index in [0.29, 0.717) is 13.0 Å². The minimum Gasteiger partial charge on any atom is -0.396 e. The molecule has 102 valence electrons. The minimum absolute atomic E-state index is 0.0220. The molecule has 0 atom stereocenters. The lowest BCUT2D eigenvalue weighted by Gasteiger charge is -2.21. The number of para-hydroxylation sites is 1. The van der Waals surface area contributed by atoms with Crippen molar-refractivity contribution in [1.29, 1.82) is 0 Å². The second-order valence-corrected chi connectivity index (χ2v) is 5.64. The highest BCUT2D eigenvalue weighted by Gasteiger charge is 2.17. The van der Waals surface area contributed by atoms with E-state index in [-0.39, 0.29) is 17.9 Å². The summed E-state index contributed by atoms with van der Waals surface area (Å²) in [4.78, 5) is 15.1. The molecule has 1 heterocycles. The lowest BCUT2D eigenvalue weighted by atomic mass is 9.95. The summed E-state index contributed by atoms with van der Waals surface area (Å²) in [5.41, 5.74) is 1.76. The van der Waals surface area contributed by atoms with Crippen LogP contribution in [-0.4, -0.2) is 29.1 Å². The van der Waals surface area contributed by atoms with Crippen LogP contribution in [0.2, 0.25) is 0 Å². The fourth-order valence-electron chi connectivity index (χ4n) is 1.91. The van der Waals surface area contributed by atoms with E-state index in [1.54, 1.807) is 0 Å². The zero-order valence-corrected chi connectivity index (χ0v) is 11.4. The van der Waals surface area contributed by atoms with Crippen molar-refractivity contribution in [3.8, 4) is 0 Å². The Morgan fingerprint density at radius 3 is 2.84 bits per heavy atom. The Morgan fingerprint density at radius 2 is 2.11 bits per heavy atom. The predicted molar refractivity (Wildman–Crippen MR) is 75.9 cm³/mol. The second-order valence-electron chi connectivity index (χ2n) is 5.64. The van der Waals surface area contributed by atoms with Gasteiger partial charge in [-0.25, -0.2) is 0 Å². The van der Waals surface area contributed by atoms with Gasteiger partial charge in [0.05, 0.1) is 6.42 Å². The molecule has 2 rings (SSSR count). The number of benzene rings is 1. The zero-order chi connectivity index (χ0) is 13.9. The molecular weight excluding hydrogens is 240 g/mol. The van der Waals surface area contributed by atoms with Crippen LogP contribution in [0.5, 0.6) is 0 Å². The summed E-state index contributed by atoms with van der Waals surface area (Å²) in [7, 11) is 0. The number of aliphatic hydroxyl groups excluding tert-OH is 1. The Hall–Kier alpha value is -1.81. The molecule has 0 radical (unpaired) electrons. The van der Waals surface area contributed by atoms with Gasteiger partial charge in [-0.05, 0) is 11.6 Å². The molecule has 0 saturated carbocycles. The van der Waals surface area contributed by atoms with Crippen molar-refractivity contribution in [2.75, 3.05) is 13.2 Å². The summed E-state index contributed by atoms with van der Waals surface area (Å²) in [6, 6.07) is 7.93. The van der Waals surface area contributed by atoms with Gasteiger partial charge >= 0.3 is 0 Å². The van der Waals surface area contributed by atoms with Crippen LogP contribution in [0.25, 0.3) is 10.9 Å². The molecule has 0 aliphatic heterocycles. The second kappa shape index (κ2) is 5.45. The van der Waals surface area contributed by atoms with Crippen molar-refractivity contribution < 1.29 is 9.90 Å². The highest BCUT2D eigenvalue weighted by molar-refractivity contribution is 5.88. The summed E-state index contributed by atoms with van der Waals surface area (Å²) in [5, 5.41) is 13.1. The predicted octanol–water partition coefficient (Wildman–Crippen LogP) is 1.85. The smallest absolute Gasteiger partial charge is 0.224 e. The van der Waals surface area contributed by atoms with Crippen LogP contribution in [0.15, 0.2) is 30.5 Å². The number of hydrogen-bond acceptors (Lipinski definition) is 2. The number of amides is 1. The molecule has 0 unspecified atom stereocenters. The Kier molecular flexibility index (Phi) is 3.90. The molecule has 3 N–H and O–H groups in total. The summed E-state index contributed by atoms with van der Waals surface area (Å²) in [6.45, 7) is 4.36. The van der Waals surface area contributed by atoms with E-state index in [1.165, 1.54) is 0 Å². The first-order valence-corrected chi connectivity index (χ1v) is 6.44. The van der Waals surface area contributed by atoms with Gasteiger partial charge in [0, 0.05) is 35.7 Å². The number of nitrogens with one attached hydrogen (secondary N) is 2. The number of carbonyl (C=O) groups excluding carboxylic acids is 1. The van der Waals surface area contributed by atoms with Gasteiger partial charge in [0.25, 0.3) is 0 Å². The topological polar surface area (TPSA) is 65.1 Å². The van der Waals surface area contributed by atoms with Crippen molar-refractivity contribution in [3.63, 3.8) is 0 Å². The number of aromatic nitrogens is 1. The fourth-order valence-corrected chi connectivity index (χ4v) is 1.91. The first kappa shape index (κ1) is 13.6. The molecule has 4 nitrogen and oxygen atoms in total. The molecule has 0 fully saturated rings. The molecule has 1 aromatic carbocycles. The molecule has 19 heavy (non-hydrogen) atoms. The Balaban J connectivity index is 1.99. The van der Waals surface area contributed by atoms with Crippen LogP contribution < -0.4 is 5.32 Å². The average Bonchev–Trinajstić information content (AvgIpc) is 2.80. The van der Waals surface area contributed by atoms with Crippen molar-refractivity contribution in [1.82, 2.24) is 10.3 Å². The molecule has 0 bridgehead atoms. The standard InChI is InChI=1S/C15H20N2O2/c1-15(2,10-18)9-17-14(19)7-11-8-16-13-6-4-3-5-12(11)13/h3-6,8,16,18H,7,9-10H2,1-2H3,(H,17,19). The average molecular weight is 260 g/mol. The minimum atomic E-state index is -0.282. The van der Waals surface area contributed by atoms with Crippen LogP contribution in [0, 0.1) is 5.41 Å². The van der Waals surface area contributed by atoms with Crippen LogP contribution >= 0.6 is 0 Å². The van der Waals surface area contributed by atoms with Crippen LogP contribution in [0.4, 0.5) is 0 Å². The van der Waals surface area contributed by atoms with Gasteiger partial charge in [-0.3, -0.25) is 4.79 Å². The quantitative estimate of drug-likeness (QED) is 0.768. The summed E-state index contributed by atoms with van der Waals surface area (Å²) >= 11 is 0. The third-order valence-corrected chi connectivity index (χ3v) is 3.22. The maximum absolute atomic E-state index is 11.9.